The van der Waals surface area contributed by atoms with Crippen LogP contribution in [0.2, 0.25) is 0 Å². The van der Waals surface area contributed by atoms with Crippen LogP contribution in [0.25, 0.3) is 0 Å². The first-order valence-corrected chi connectivity index (χ1v) is 4.16. The van der Waals surface area contributed by atoms with Gasteiger partial charge in [0, 0.05) is 0 Å². The Morgan fingerprint density at radius 2 is 1.78 bits per heavy atom. The fourth-order valence-corrected chi connectivity index (χ4v) is 0.711. The molecule has 0 aromatic carbocycles. The number of halogens is 1. The molecule has 0 atom stereocenters. The van der Waals surface area contributed by atoms with E-state index in [2.05, 4.69) is 55.5 Å². The van der Waals surface area contributed by atoms with Gasteiger partial charge in [-0.1, -0.05) is 17.7 Å². The van der Waals surface area contributed by atoms with Gasteiger partial charge >= 0.3 is 0 Å². The highest BCUT2D eigenvalue weighted by molar-refractivity contribution is 14.1. The van der Waals surface area contributed by atoms with Crippen LogP contribution >= 0.6 is 22.6 Å². The van der Waals surface area contributed by atoms with Gasteiger partial charge in [0.25, 0.3) is 0 Å². The molecule has 0 fully saturated rings. The fourth-order valence-electron chi connectivity index (χ4n) is 0.457. The molecule has 0 aliphatic heterocycles. The van der Waals surface area contributed by atoms with Crippen LogP contribution in [0.15, 0.2) is 21.3 Å². The standard InChI is InChI=1S/C8H13I/c1-7(2)5-4-6-8(3)9/h5-6H,4H2,1-3H3/b8-6-. The van der Waals surface area contributed by atoms with Crippen molar-refractivity contribution in [1.29, 1.82) is 0 Å². The zero-order valence-corrected chi connectivity index (χ0v) is 8.40. The van der Waals surface area contributed by atoms with Gasteiger partial charge in [0.2, 0.25) is 0 Å². The van der Waals surface area contributed by atoms with Gasteiger partial charge in [-0.05, 0) is 53.4 Å². The lowest BCUT2D eigenvalue weighted by Gasteiger charge is -1.86. The van der Waals surface area contributed by atoms with Gasteiger partial charge in [-0.25, -0.2) is 0 Å². The predicted molar refractivity (Wildman–Crippen MR) is 51.8 cm³/mol. The van der Waals surface area contributed by atoms with Crippen LogP contribution in [0.1, 0.15) is 27.2 Å². The van der Waals surface area contributed by atoms with Crippen LogP contribution in [0.5, 0.6) is 0 Å². The molecule has 0 N–H and O–H groups in total. The van der Waals surface area contributed by atoms with Gasteiger partial charge in [-0.2, -0.15) is 0 Å². The molecule has 0 saturated carbocycles. The van der Waals surface area contributed by atoms with Crippen molar-refractivity contribution in [3.05, 3.63) is 21.3 Å². The lowest BCUT2D eigenvalue weighted by molar-refractivity contribution is 1.27. The maximum absolute atomic E-state index is 2.32. The summed E-state index contributed by atoms with van der Waals surface area (Å²) < 4.78 is 1.37. The first kappa shape index (κ1) is 9.21. The van der Waals surface area contributed by atoms with E-state index in [1.807, 2.05) is 0 Å². The SMILES string of the molecule is CC(C)=CC/C=C(/C)I. The van der Waals surface area contributed by atoms with Crippen molar-refractivity contribution >= 4 is 22.6 Å². The van der Waals surface area contributed by atoms with E-state index < -0.39 is 0 Å². The lowest BCUT2D eigenvalue weighted by atomic mass is 10.2. The van der Waals surface area contributed by atoms with Gasteiger partial charge in [0.1, 0.15) is 0 Å². The van der Waals surface area contributed by atoms with Crippen molar-refractivity contribution in [2.24, 2.45) is 0 Å². The first-order valence-electron chi connectivity index (χ1n) is 3.08. The van der Waals surface area contributed by atoms with Crippen LogP contribution < -0.4 is 0 Å². The summed E-state index contributed by atoms with van der Waals surface area (Å²) in [4.78, 5) is 0. The molecule has 1 heteroatoms. The summed E-state index contributed by atoms with van der Waals surface area (Å²) in [5.41, 5.74) is 1.39. The average molecular weight is 236 g/mol. The summed E-state index contributed by atoms with van der Waals surface area (Å²) in [5.74, 6) is 0. The Labute approximate surface area is 71.2 Å². The van der Waals surface area contributed by atoms with Crippen LogP contribution in [-0.4, -0.2) is 0 Å². The highest BCUT2D eigenvalue weighted by atomic mass is 127. The fraction of sp³-hybridized carbons (Fsp3) is 0.500. The Balaban J connectivity index is 3.53. The van der Waals surface area contributed by atoms with Crippen LogP contribution in [-0.2, 0) is 0 Å². The molecule has 0 radical (unpaired) electrons. The molecular formula is C8H13I. The van der Waals surface area contributed by atoms with Gasteiger partial charge in [-0.15, -0.1) is 0 Å². The molecule has 0 nitrogen and oxygen atoms in total. The number of rotatable bonds is 2. The van der Waals surface area contributed by atoms with Crippen molar-refractivity contribution in [1.82, 2.24) is 0 Å². The molecule has 9 heavy (non-hydrogen) atoms. The quantitative estimate of drug-likeness (QED) is 0.506. The van der Waals surface area contributed by atoms with E-state index in [0.29, 0.717) is 0 Å². The van der Waals surface area contributed by atoms with E-state index in [0.717, 1.165) is 6.42 Å². The Morgan fingerprint density at radius 1 is 1.22 bits per heavy atom. The zero-order valence-electron chi connectivity index (χ0n) is 6.24. The normalized spacial score (nSPS) is 11.3. The zero-order chi connectivity index (χ0) is 7.28. The maximum Gasteiger partial charge on any atom is -0.0157 e. The molecule has 0 aromatic heterocycles. The second kappa shape index (κ2) is 5.03. The summed E-state index contributed by atoms with van der Waals surface area (Å²) in [6, 6.07) is 0. The van der Waals surface area contributed by atoms with Crippen molar-refractivity contribution in [2.75, 3.05) is 0 Å². The molecule has 0 heterocycles. The molecule has 52 valence electrons. The van der Waals surface area contributed by atoms with E-state index in [1.54, 1.807) is 0 Å². The van der Waals surface area contributed by atoms with Gasteiger partial charge in [0.15, 0.2) is 0 Å². The summed E-state index contributed by atoms with van der Waals surface area (Å²) in [6.07, 6.45) is 5.52. The second-order valence-corrected chi connectivity index (χ2v) is 4.01. The molecule has 0 amide bonds. The molecule has 0 aliphatic carbocycles. The minimum absolute atomic E-state index is 1.08. The lowest BCUT2D eigenvalue weighted by Crippen LogP contribution is -1.64. The topological polar surface area (TPSA) is 0 Å². The summed E-state index contributed by atoms with van der Waals surface area (Å²) >= 11 is 2.32. The average Bonchev–Trinajstić information content (AvgIpc) is 1.63. The maximum atomic E-state index is 2.32. The van der Waals surface area contributed by atoms with E-state index in [1.165, 1.54) is 9.15 Å². The molecule has 0 aliphatic rings. The van der Waals surface area contributed by atoms with E-state index >= 15 is 0 Å². The van der Waals surface area contributed by atoms with Crippen molar-refractivity contribution < 1.29 is 0 Å². The highest BCUT2D eigenvalue weighted by Crippen LogP contribution is 2.05. The molecular weight excluding hydrogens is 223 g/mol. The minimum Gasteiger partial charge on any atom is -0.0821 e. The van der Waals surface area contributed by atoms with E-state index in [4.69, 9.17) is 0 Å². The molecule has 0 saturated heterocycles. The van der Waals surface area contributed by atoms with Crippen LogP contribution in [0.3, 0.4) is 0 Å². The Bertz CT molecular complexity index is 108. The van der Waals surface area contributed by atoms with E-state index in [-0.39, 0.29) is 0 Å². The summed E-state index contributed by atoms with van der Waals surface area (Å²) in [6.45, 7) is 6.35. The monoisotopic (exact) mass is 236 g/mol. The molecule has 0 rings (SSSR count). The largest absolute Gasteiger partial charge is 0.0821 e. The van der Waals surface area contributed by atoms with Crippen LogP contribution in [0.4, 0.5) is 0 Å². The highest BCUT2D eigenvalue weighted by Gasteiger charge is 1.77. The number of allylic oxidation sites excluding steroid dienone is 4. The Morgan fingerprint density at radius 3 is 2.11 bits per heavy atom. The summed E-state index contributed by atoms with van der Waals surface area (Å²) in [5, 5.41) is 0. The minimum atomic E-state index is 1.08. The molecule has 0 aromatic rings. The second-order valence-electron chi connectivity index (χ2n) is 2.31. The van der Waals surface area contributed by atoms with Crippen molar-refractivity contribution in [2.45, 2.75) is 27.2 Å². The third-order valence-corrected chi connectivity index (χ3v) is 1.37. The third kappa shape index (κ3) is 8.21. The Hall–Kier alpha value is 0.210. The number of hydrogen-bond donors (Lipinski definition) is 0. The smallest absolute Gasteiger partial charge is 0.0157 e. The molecule has 0 bridgehead atoms. The van der Waals surface area contributed by atoms with Crippen LogP contribution in [0, 0.1) is 0 Å². The molecule has 0 spiro atoms. The first-order chi connectivity index (χ1) is 4.13. The third-order valence-electron chi connectivity index (χ3n) is 0.925. The van der Waals surface area contributed by atoms with Crippen molar-refractivity contribution in [3.8, 4) is 0 Å². The van der Waals surface area contributed by atoms with E-state index in [9.17, 15) is 0 Å². The Kier molecular flexibility index (Phi) is 5.15. The van der Waals surface area contributed by atoms with Gasteiger partial charge < -0.3 is 0 Å². The van der Waals surface area contributed by atoms with Crippen molar-refractivity contribution in [3.63, 3.8) is 0 Å². The summed E-state index contributed by atoms with van der Waals surface area (Å²) in [7, 11) is 0. The van der Waals surface area contributed by atoms with Gasteiger partial charge in [-0.3, -0.25) is 0 Å². The predicted octanol–water partition coefficient (Wildman–Crippen LogP) is 3.68. The number of hydrogen-bond acceptors (Lipinski definition) is 0. The molecule has 0 unspecified atom stereocenters. The van der Waals surface area contributed by atoms with Gasteiger partial charge in [0.05, 0.1) is 0 Å².